The molecule has 0 aliphatic heterocycles. The number of anilines is 1. The van der Waals surface area contributed by atoms with Gasteiger partial charge in [0.2, 0.25) is 5.78 Å². The molecule has 4 aromatic carbocycles. The molecule has 9 heteroatoms. The molecule has 1 heterocycles. The van der Waals surface area contributed by atoms with E-state index in [4.69, 9.17) is 27.9 Å². The summed E-state index contributed by atoms with van der Waals surface area (Å²) >= 11 is 12.0. The highest BCUT2D eigenvalue weighted by molar-refractivity contribution is 6.31. The molecule has 0 aliphatic carbocycles. The second-order valence-electron chi connectivity index (χ2n) is 8.57. The van der Waals surface area contributed by atoms with Gasteiger partial charge in [-0.25, -0.2) is 8.78 Å². The van der Waals surface area contributed by atoms with E-state index in [0.717, 1.165) is 34.3 Å². The summed E-state index contributed by atoms with van der Waals surface area (Å²) in [4.78, 5) is 17.5. The number of pyridine rings is 1. The Kier molecular flexibility index (Phi) is 8.15. The van der Waals surface area contributed by atoms with Crippen LogP contribution in [0, 0.1) is 11.6 Å². The highest BCUT2D eigenvalue weighted by atomic mass is 35.5. The molecule has 5 nitrogen and oxygen atoms in total. The average molecular weight is 574 g/mol. The lowest BCUT2D eigenvalue weighted by Gasteiger charge is -2.11. The van der Waals surface area contributed by atoms with Gasteiger partial charge in [-0.3, -0.25) is 15.2 Å². The first-order chi connectivity index (χ1) is 19.4. The van der Waals surface area contributed by atoms with Crippen LogP contribution in [0.3, 0.4) is 0 Å². The van der Waals surface area contributed by atoms with E-state index in [2.05, 4.69) is 15.5 Å². The number of benzene rings is 4. The number of aromatic nitrogens is 1. The molecule has 0 atom stereocenters. The van der Waals surface area contributed by atoms with E-state index in [0.29, 0.717) is 21.4 Å². The van der Waals surface area contributed by atoms with Gasteiger partial charge in [-0.1, -0.05) is 23.2 Å². The lowest BCUT2D eigenvalue weighted by atomic mass is 10.1. The van der Waals surface area contributed by atoms with E-state index in [1.165, 1.54) is 24.3 Å². The summed E-state index contributed by atoms with van der Waals surface area (Å²) in [5.41, 5.74) is 5.55. The molecule has 198 valence electrons. The molecule has 40 heavy (non-hydrogen) atoms. The van der Waals surface area contributed by atoms with Gasteiger partial charge in [-0.15, -0.1) is 0 Å². The largest absolute Gasteiger partial charge is 0.453 e. The van der Waals surface area contributed by atoms with Crippen LogP contribution >= 0.6 is 23.2 Å². The van der Waals surface area contributed by atoms with Crippen LogP contribution < -0.4 is 10.2 Å². The standard InChI is InChI=1S/C31H19Cl2F2N3O2/c32-22-6-3-20(4-7-22)31(39)30(15-21-5-9-24(34)17-27(21)35)40-25-10-1-19(2-11-25)18-37-38-28-13-14-36-29-16-23(33)8-12-26(28)29/h1-18H,(H,36,38)/b30-15-,37-18+. The van der Waals surface area contributed by atoms with Crippen LogP contribution in [0.1, 0.15) is 21.5 Å². The molecule has 0 unspecified atom stereocenters. The molecule has 0 saturated heterocycles. The molecule has 1 aromatic heterocycles. The molecule has 0 amide bonds. The Labute approximate surface area is 238 Å². The fourth-order valence-electron chi connectivity index (χ4n) is 3.79. The topological polar surface area (TPSA) is 63.6 Å². The number of hydrogen-bond donors (Lipinski definition) is 1. The number of ketones is 1. The lowest BCUT2D eigenvalue weighted by Crippen LogP contribution is -2.10. The number of Topliss-reactive ketones (excluding diaryl/α,β-unsaturated/α-hetero) is 1. The molecule has 1 N–H and O–H groups in total. The normalized spacial score (nSPS) is 11.7. The predicted octanol–water partition coefficient (Wildman–Crippen LogP) is 8.57. The Morgan fingerprint density at radius 3 is 2.38 bits per heavy atom. The van der Waals surface area contributed by atoms with Gasteiger partial charge in [0.1, 0.15) is 17.4 Å². The Morgan fingerprint density at radius 2 is 1.62 bits per heavy atom. The molecule has 5 aromatic rings. The minimum atomic E-state index is -0.825. The minimum Gasteiger partial charge on any atom is -0.453 e. The number of carbonyl (C=O) groups is 1. The van der Waals surface area contributed by atoms with Crippen molar-refractivity contribution in [2.45, 2.75) is 0 Å². The third kappa shape index (κ3) is 6.51. The predicted molar refractivity (Wildman–Crippen MR) is 155 cm³/mol. The maximum absolute atomic E-state index is 14.4. The molecule has 0 saturated carbocycles. The van der Waals surface area contributed by atoms with Gasteiger partial charge < -0.3 is 4.74 Å². The van der Waals surface area contributed by atoms with Crippen LogP contribution in [-0.2, 0) is 0 Å². The highest BCUT2D eigenvalue weighted by Gasteiger charge is 2.17. The Bertz CT molecular complexity index is 1760. The van der Waals surface area contributed by atoms with Gasteiger partial charge in [-0.2, -0.15) is 5.10 Å². The lowest BCUT2D eigenvalue weighted by molar-refractivity contribution is 0.0988. The summed E-state index contributed by atoms with van der Waals surface area (Å²) in [5.74, 6) is -1.87. The summed E-state index contributed by atoms with van der Waals surface area (Å²) in [6, 6.07) is 23.3. The first kappa shape index (κ1) is 27.0. The van der Waals surface area contributed by atoms with Crippen molar-refractivity contribution in [2.75, 3.05) is 5.43 Å². The maximum atomic E-state index is 14.4. The molecule has 0 spiro atoms. The number of rotatable bonds is 8. The number of allylic oxidation sites excluding steroid dienone is 1. The second-order valence-corrected chi connectivity index (χ2v) is 9.44. The van der Waals surface area contributed by atoms with E-state index >= 15 is 0 Å². The molecule has 0 bridgehead atoms. The van der Waals surface area contributed by atoms with Crippen molar-refractivity contribution in [1.82, 2.24) is 4.98 Å². The summed E-state index contributed by atoms with van der Waals surface area (Å²) < 4.78 is 33.6. The average Bonchev–Trinajstić information content (AvgIpc) is 2.95. The van der Waals surface area contributed by atoms with Crippen molar-refractivity contribution >= 4 is 57.9 Å². The highest BCUT2D eigenvalue weighted by Crippen LogP contribution is 2.25. The van der Waals surface area contributed by atoms with Crippen LogP contribution in [0.15, 0.2) is 108 Å². The SMILES string of the molecule is O=C(/C(=C/c1ccc(F)cc1F)Oc1ccc(/C=N/Nc2ccnc3cc(Cl)ccc23)cc1)c1ccc(Cl)cc1. The maximum Gasteiger partial charge on any atom is 0.228 e. The zero-order valence-electron chi connectivity index (χ0n) is 20.6. The van der Waals surface area contributed by atoms with E-state index in [1.807, 2.05) is 6.07 Å². The van der Waals surface area contributed by atoms with Crippen LogP contribution in [0.25, 0.3) is 17.0 Å². The second kappa shape index (κ2) is 12.1. The number of hydrazone groups is 1. The van der Waals surface area contributed by atoms with Crippen LogP contribution in [0.4, 0.5) is 14.5 Å². The van der Waals surface area contributed by atoms with Crippen molar-refractivity contribution in [3.8, 4) is 5.75 Å². The Balaban J connectivity index is 1.35. The number of halogens is 4. The fraction of sp³-hybridized carbons (Fsp3) is 0. The molecular formula is C31H19Cl2F2N3O2. The van der Waals surface area contributed by atoms with Crippen LogP contribution in [0.2, 0.25) is 10.0 Å². The quantitative estimate of drug-likeness (QED) is 0.0663. The Hall–Kier alpha value is -4.59. The molecule has 0 aliphatic rings. The first-order valence-electron chi connectivity index (χ1n) is 11.9. The van der Waals surface area contributed by atoms with Crippen molar-refractivity contribution in [2.24, 2.45) is 5.10 Å². The van der Waals surface area contributed by atoms with E-state index < -0.39 is 17.4 Å². The van der Waals surface area contributed by atoms with Crippen molar-refractivity contribution < 1.29 is 18.3 Å². The van der Waals surface area contributed by atoms with Gasteiger partial charge in [0.25, 0.3) is 0 Å². The molecule has 0 fully saturated rings. The van der Waals surface area contributed by atoms with Gasteiger partial charge >= 0.3 is 0 Å². The zero-order chi connectivity index (χ0) is 28.1. The smallest absolute Gasteiger partial charge is 0.228 e. The van der Waals surface area contributed by atoms with Gasteiger partial charge in [0.15, 0.2) is 5.76 Å². The summed E-state index contributed by atoms with van der Waals surface area (Å²) in [5, 5.41) is 6.22. The van der Waals surface area contributed by atoms with Crippen molar-refractivity contribution in [3.63, 3.8) is 0 Å². The number of nitrogens with one attached hydrogen (secondary N) is 1. The number of carbonyl (C=O) groups excluding carboxylic acids is 1. The summed E-state index contributed by atoms with van der Waals surface area (Å²) in [7, 11) is 0. The van der Waals surface area contributed by atoms with E-state index in [1.54, 1.807) is 67.0 Å². The summed E-state index contributed by atoms with van der Waals surface area (Å²) in [6.07, 6.45) is 4.52. The molecular weight excluding hydrogens is 555 g/mol. The summed E-state index contributed by atoms with van der Waals surface area (Å²) in [6.45, 7) is 0. The minimum absolute atomic E-state index is 0.000511. The zero-order valence-corrected chi connectivity index (χ0v) is 22.1. The van der Waals surface area contributed by atoms with Gasteiger partial charge in [0.05, 0.1) is 17.4 Å². The van der Waals surface area contributed by atoms with E-state index in [-0.39, 0.29) is 11.3 Å². The van der Waals surface area contributed by atoms with Gasteiger partial charge in [0, 0.05) is 38.8 Å². The van der Waals surface area contributed by atoms with Crippen LogP contribution in [0.5, 0.6) is 5.75 Å². The third-order valence-electron chi connectivity index (χ3n) is 5.79. The van der Waals surface area contributed by atoms with E-state index in [9.17, 15) is 13.6 Å². The molecule has 0 radical (unpaired) electrons. The number of ether oxygens (including phenoxy) is 1. The van der Waals surface area contributed by atoms with Crippen molar-refractivity contribution in [3.05, 3.63) is 141 Å². The fourth-order valence-corrected chi connectivity index (χ4v) is 4.08. The van der Waals surface area contributed by atoms with Gasteiger partial charge in [-0.05, 0) is 96.6 Å². The van der Waals surface area contributed by atoms with Crippen LogP contribution in [-0.4, -0.2) is 17.0 Å². The Morgan fingerprint density at radius 1 is 0.875 bits per heavy atom. The number of hydrogen-bond acceptors (Lipinski definition) is 5. The number of fused-ring (bicyclic) bond motifs is 1. The monoisotopic (exact) mass is 573 g/mol. The van der Waals surface area contributed by atoms with Crippen molar-refractivity contribution in [1.29, 1.82) is 0 Å². The number of nitrogens with zero attached hydrogens (tertiary/aromatic N) is 2. The first-order valence-corrected chi connectivity index (χ1v) is 12.7. The third-order valence-corrected chi connectivity index (χ3v) is 6.28. The molecule has 5 rings (SSSR count).